The molecule has 0 aliphatic rings. The Morgan fingerprint density at radius 1 is 1.55 bits per heavy atom. The standard InChI is InChI=1S/C8H17ClFN/c1-2-8(4-5-9)11-7-3-6-10/h8,11H,2-7H2,1H3. The molecule has 0 fully saturated rings. The molecule has 0 saturated carbocycles. The van der Waals surface area contributed by atoms with Gasteiger partial charge in [0.05, 0.1) is 6.67 Å². The van der Waals surface area contributed by atoms with Gasteiger partial charge < -0.3 is 5.32 Å². The third-order valence-electron chi connectivity index (χ3n) is 1.69. The molecule has 0 spiro atoms. The van der Waals surface area contributed by atoms with E-state index in [9.17, 15) is 4.39 Å². The van der Waals surface area contributed by atoms with Crippen LogP contribution in [0.2, 0.25) is 0 Å². The van der Waals surface area contributed by atoms with E-state index in [-0.39, 0.29) is 6.67 Å². The van der Waals surface area contributed by atoms with Gasteiger partial charge in [0.1, 0.15) is 0 Å². The summed E-state index contributed by atoms with van der Waals surface area (Å²) in [7, 11) is 0. The normalized spacial score (nSPS) is 13.4. The van der Waals surface area contributed by atoms with Crippen LogP contribution in [0.5, 0.6) is 0 Å². The van der Waals surface area contributed by atoms with E-state index in [0.29, 0.717) is 18.3 Å². The molecule has 0 aromatic carbocycles. The molecule has 0 aromatic rings. The van der Waals surface area contributed by atoms with Gasteiger partial charge in [-0.15, -0.1) is 11.6 Å². The number of hydrogen-bond donors (Lipinski definition) is 1. The molecule has 0 bridgehead atoms. The van der Waals surface area contributed by atoms with Crippen LogP contribution in [-0.4, -0.2) is 25.1 Å². The van der Waals surface area contributed by atoms with Crippen molar-refractivity contribution in [2.24, 2.45) is 0 Å². The van der Waals surface area contributed by atoms with Crippen LogP contribution in [0.15, 0.2) is 0 Å². The van der Waals surface area contributed by atoms with Crippen LogP contribution < -0.4 is 5.32 Å². The highest BCUT2D eigenvalue weighted by molar-refractivity contribution is 6.17. The second-order valence-electron chi connectivity index (χ2n) is 2.58. The fourth-order valence-electron chi connectivity index (χ4n) is 0.955. The van der Waals surface area contributed by atoms with Gasteiger partial charge in [-0.25, -0.2) is 0 Å². The average Bonchev–Trinajstić information content (AvgIpc) is 2.03. The fraction of sp³-hybridized carbons (Fsp3) is 1.00. The van der Waals surface area contributed by atoms with Gasteiger partial charge in [-0.1, -0.05) is 6.92 Å². The Balaban J connectivity index is 3.20. The lowest BCUT2D eigenvalue weighted by molar-refractivity contribution is 0.426. The van der Waals surface area contributed by atoms with Gasteiger partial charge in [0.15, 0.2) is 0 Å². The molecule has 0 aromatic heterocycles. The van der Waals surface area contributed by atoms with Gasteiger partial charge >= 0.3 is 0 Å². The van der Waals surface area contributed by atoms with Crippen molar-refractivity contribution >= 4 is 11.6 Å². The highest BCUT2D eigenvalue weighted by Gasteiger charge is 2.02. The second-order valence-corrected chi connectivity index (χ2v) is 2.96. The molecule has 0 amide bonds. The molecule has 3 heteroatoms. The minimum atomic E-state index is -0.232. The zero-order valence-electron chi connectivity index (χ0n) is 7.08. The molecule has 1 atom stereocenters. The van der Waals surface area contributed by atoms with Gasteiger partial charge in [0.25, 0.3) is 0 Å². The largest absolute Gasteiger partial charge is 0.314 e. The zero-order chi connectivity index (χ0) is 8.53. The summed E-state index contributed by atoms with van der Waals surface area (Å²) in [6.45, 7) is 2.65. The predicted octanol–water partition coefficient (Wildman–Crippen LogP) is 2.34. The summed E-state index contributed by atoms with van der Waals surface area (Å²) in [6.07, 6.45) is 2.65. The summed E-state index contributed by atoms with van der Waals surface area (Å²) in [5.74, 6) is 0.682. The van der Waals surface area contributed by atoms with Gasteiger partial charge in [-0.05, 0) is 25.8 Å². The van der Waals surface area contributed by atoms with Crippen molar-refractivity contribution in [3.8, 4) is 0 Å². The smallest absolute Gasteiger partial charge is 0.0906 e. The van der Waals surface area contributed by atoms with Gasteiger partial charge in [0.2, 0.25) is 0 Å². The lowest BCUT2D eigenvalue weighted by Crippen LogP contribution is -2.29. The van der Waals surface area contributed by atoms with E-state index in [1.807, 2.05) is 0 Å². The Labute approximate surface area is 73.3 Å². The Kier molecular flexibility index (Phi) is 8.41. The Morgan fingerprint density at radius 2 is 2.27 bits per heavy atom. The fourth-order valence-corrected chi connectivity index (χ4v) is 1.22. The summed E-state index contributed by atoms with van der Waals surface area (Å²) in [6, 6.07) is 0.471. The molecule has 0 aliphatic heterocycles. The van der Waals surface area contributed by atoms with E-state index in [1.54, 1.807) is 0 Å². The maximum Gasteiger partial charge on any atom is 0.0906 e. The molecule has 0 radical (unpaired) electrons. The van der Waals surface area contributed by atoms with Crippen molar-refractivity contribution in [2.75, 3.05) is 19.1 Å². The molecule has 1 nitrogen and oxygen atoms in total. The topological polar surface area (TPSA) is 12.0 Å². The van der Waals surface area contributed by atoms with Crippen LogP contribution in [0.1, 0.15) is 26.2 Å². The first-order valence-corrected chi connectivity index (χ1v) is 4.73. The molecule has 0 aliphatic carbocycles. The maximum atomic E-state index is 11.7. The summed E-state index contributed by atoms with van der Waals surface area (Å²) >= 11 is 5.57. The molecule has 0 rings (SSSR count). The number of alkyl halides is 2. The van der Waals surface area contributed by atoms with Crippen LogP contribution in [0, 0.1) is 0 Å². The van der Waals surface area contributed by atoms with Crippen LogP contribution in [0.4, 0.5) is 4.39 Å². The van der Waals surface area contributed by atoms with E-state index in [0.717, 1.165) is 19.4 Å². The van der Waals surface area contributed by atoms with Crippen molar-refractivity contribution in [3.63, 3.8) is 0 Å². The van der Waals surface area contributed by atoms with E-state index >= 15 is 0 Å². The monoisotopic (exact) mass is 181 g/mol. The van der Waals surface area contributed by atoms with Gasteiger partial charge in [0, 0.05) is 11.9 Å². The van der Waals surface area contributed by atoms with Gasteiger partial charge in [-0.2, -0.15) is 0 Å². The number of hydrogen-bond acceptors (Lipinski definition) is 1. The molecule has 1 N–H and O–H groups in total. The van der Waals surface area contributed by atoms with Crippen LogP contribution >= 0.6 is 11.6 Å². The van der Waals surface area contributed by atoms with E-state index in [2.05, 4.69) is 12.2 Å². The second kappa shape index (κ2) is 8.28. The third kappa shape index (κ3) is 6.57. The molecule has 68 valence electrons. The molecule has 0 heterocycles. The minimum absolute atomic E-state index is 0.232. The molecular weight excluding hydrogens is 165 g/mol. The molecular formula is C8H17ClFN. The first-order valence-electron chi connectivity index (χ1n) is 4.20. The first-order chi connectivity index (χ1) is 5.35. The summed E-state index contributed by atoms with van der Waals surface area (Å²) < 4.78 is 11.7. The molecule has 11 heavy (non-hydrogen) atoms. The third-order valence-corrected chi connectivity index (χ3v) is 1.91. The van der Waals surface area contributed by atoms with Crippen LogP contribution in [0.25, 0.3) is 0 Å². The highest BCUT2D eigenvalue weighted by atomic mass is 35.5. The Bertz CT molecular complexity index is 80.5. The summed E-state index contributed by atoms with van der Waals surface area (Å²) in [5.41, 5.74) is 0. The van der Waals surface area contributed by atoms with E-state index in [4.69, 9.17) is 11.6 Å². The zero-order valence-corrected chi connectivity index (χ0v) is 7.83. The Morgan fingerprint density at radius 3 is 2.73 bits per heavy atom. The number of halogens is 2. The van der Waals surface area contributed by atoms with E-state index in [1.165, 1.54) is 0 Å². The minimum Gasteiger partial charge on any atom is -0.314 e. The van der Waals surface area contributed by atoms with Crippen molar-refractivity contribution in [1.29, 1.82) is 0 Å². The Hall–Kier alpha value is 0.180. The van der Waals surface area contributed by atoms with Crippen LogP contribution in [-0.2, 0) is 0 Å². The average molecular weight is 182 g/mol. The summed E-state index contributed by atoms with van der Waals surface area (Å²) in [4.78, 5) is 0. The summed E-state index contributed by atoms with van der Waals surface area (Å²) in [5, 5.41) is 3.25. The quantitative estimate of drug-likeness (QED) is 0.470. The van der Waals surface area contributed by atoms with Crippen LogP contribution in [0.3, 0.4) is 0 Å². The SMILES string of the molecule is CCC(CCCl)NCCCF. The number of nitrogens with one attached hydrogen (secondary N) is 1. The lowest BCUT2D eigenvalue weighted by Gasteiger charge is -2.14. The lowest BCUT2D eigenvalue weighted by atomic mass is 10.2. The van der Waals surface area contributed by atoms with Crippen molar-refractivity contribution in [1.82, 2.24) is 5.32 Å². The maximum absolute atomic E-state index is 11.7. The van der Waals surface area contributed by atoms with Crippen molar-refractivity contribution in [2.45, 2.75) is 32.2 Å². The predicted molar refractivity (Wildman–Crippen MR) is 48.0 cm³/mol. The molecule has 0 saturated heterocycles. The number of rotatable bonds is 7. The van der Waals surface area contributed by atoms with E-state index < -0.39 is 0 Å². The van der Waals surface area contributed by atoms with Crippen molar-refractivity contribution in [3.05, 3.63) is 0 Å². The first kappa shape index (κ1) is 11.2. The van der Waals surface area contributed by atoms with Crippen molar-refractivity contribution < 1.29 is 4.39 Å². The van der Waals surface area contributed by atoms with Gasteiger partial charge in [-0.3, -0.25) is 4.39 Å². The highest BCUT2D eigenvalue weighted by Crippen LogP contribution is 1.98. The molecule has 1 unspecified atom stereocenters.